The lowest BCUT2D eigenvalue weighted by molar-refractivity contribution is 0.174. The predicted molar refractivity (Wildman–Crippen MR) is 69.2 cm³/mol. The highest BCUT2D eigenvalue weighted by molar-refractivity contribution is 5.85. The molecule has 0 saturated carbocycles. The molecule has 0 bridgehead atoms. The Hall–Kier alpha value is -1.68. The summed E-state index contributed by atoms with van der Waals surface area (Å²) in [5.74, 6) is 1.58. The number of nitrogens with one attached hydrogen (secondary N) is 1. The van der Waals surface area contributed by atoms with Gasteiger partial charge < -0.3 is 19.2 Å². The van der Waals surface area contributed by atoms with Crippen molar-refractivity contribution in [3.63, 3.8) is 0 Å². The zero-order chi connectivity index (χ0) is 12.4. The van der Waals surface area contributed by atoms with Crippen molar-refractivity contribution in [1.82, 2.24) is 5.32 Å². The largest absolute Gasteiger partial charge is 0.464 e. The molecule has 1 aromatic heterocycles. The van der Waals surface area contributed by atoms with Crippen LogP contribution in [-0.2, 0) is 6.42 Å². The number of furan rings is 1. The first-order valence-electron chi connectivity index (χ1n) is 6.39. The second-order valence-corrected chi connectivity index (χ2v) is 4.46. The van der Waals surface area contributed by atoms with E-state index in [1.165, 1.54) is 5.56 Å². The highest BCUT2D eigenvalue weighted by atomic mass is 16.7. The van der Waals surface area contributed by atoms with E-state index in [2.05, 4.69) is 12.2 Å². The van der Waals surface area contributed by atoms with E-state index >= 15 is 0 Å². The van der Waals surface area contributed by atoms with Gasteiger partial charge in [-0.15, -0.1) is 0 Å². The predicted octanol–water partition coefficient (Wildman–Crippen LogP) is 2.70. The van der Waals surface area contributed by atoms with Crippen molar-refractivity contribution in [3.8, 4) is 11.5 Å². The van der Waals surface area contributed by atoms with Gasteiger partial charge >= 0.3 is 0 Å². The number of rotatable bonds is 5. The Labute approximate surface area is 106 Å². The first-order valence-corrected chi connectivity index (χ1v) is 6.39. The normalized spacial score (nSPS) is 13.4. The summed E-state index contributed by atoms with van der Waals surface area (Å²) in [6.45, 7) is 4.50. The molecule has 4 nitrogen and oxygen atoms in total. The molecule has 1 aromatic carbocycles. The third-order valence-electron chi connectivity index (χ3n) is 3.15. The molecule has 3 rings (SSSR count). The molecule has 1 N–H and O–H groups in total. The summed E-state index contributed by atoms with van der Waals surface area (Å²) in [6, 6.07) is 3.91. The Bertz CT molecular complexity index is 547. The van der Waals surface area contributed by atoms with Crippen molar-refractivity contribution < 1.29 is 13.9 Å². The maximum atomic E-state index is 5.57. The van der Waals surface area contributed by atoms with Gasteiger partial charge in [-0.05, 0) is 37.6 Å². The van der Waals surface area contributed by atoms with Crippen molar-refractivity contribution in [2.45, 2.75) is 19.8 Å². The lowest BCUT2D eigenvalue weighted by atomic mass is 10.1. The molecule has 2 aromatic rings. The third kappa shape index (κ3) is 2.04. The van der Waals surface area contributed by atoms with E-state index in [9.17, 15) is 0 Å². The molecule has 18 heavy (non-hydrogen) atoms. The zero-order valence-electron chi connectivity index (χ0n) is 10.5. The van der Waals surface area contributed by atoms with E-state index in [-0.39, 0.29) is 0 Å². The van der Waals surface area contributed by atoms with Gasteiger partial charge in [0, 0.05) is 11.5 Å². The number of hydrogen-bond acceptors (Lipinski definition) is 4. The van der Waals surface area contributed by atoms with E-state index in [1.807, 2.05) is 18.4 Å². The van der Waals surface area contributed by atoms with Crippen LogP contribution in [0.2, 0.25) is 0 Å². The van der Waals surface area contributed by atoms with Gasteiger partial charge in [0.25, 0.3) is 0 Å². The molecular weight excluding hydrogens is 230 g/mol. The van der Waals surface area contributed by atoms with Crippen LogP contribution in [0.4, 0.5) is 0 Å². The Kier molecular flexibility index (Phi) is 3.11. The Morgan fingerprint density at radius 1 is 1.17 bits per heavy atom. The molecule has 1 aliphatic rings. The van der Waals surface area contributed by atoms with E-state index in [4.69, 9.17) is 13.9 Å². The highest BCUT2D eigenvalue weighted by Gasteiger charge is 2.17. The van der Waals surface area contributed by atoms with Gasteiger partial charge in [0.05, 0.1) is 6.26 Å². The first-order chi connectivity index (χ1) is 8.88. The molecule has 0 atom stereocenters. The summed E-state index contributed by atoms with van der Waals surface area (Å²) in [5.41, 5.74) is 2.08. The lowest BCUT2D eigenvalue weighted by Crippen LogP contribution is -2.17. The molecule has 2 heterocycles. The Morgan fingerprint density at radius 3 is 2.83 bits per heavy atom. The zero-order valence-corrected chi connectivity index (χ0v) is 10.5. The van der Waals surface area contributed by atoms with Crippen molar-refractivity contribution >= 4 is 11.0 Å². The average Bonchev–Trinajstić information content (AvgIpc) is 2.98. The second-order valence-electron chi connectivity index (χ2n) is 4.46. The Morgan fingerprint density at radius 2 is 2.00 bits per heavy atom. The van der Waals surface area contributed by atoms with Gasteiger partial charge in [0.1, 0.15) is 5.58 Å². The topological polar surface area (TPSA) is 43.6 Å². The van der Waals surface area contributed by atoms with Crippen molar-refractivity contribution in [1.29, 1.82) is 0 Å². The van der Waals surface area contributed by atoms with Gasteiger partial charge in [-0.2, -0.15) is 0 Å². The maximum absolute atomic E-state index is 5.57. The first kappa shape index (κ1) is 11.4. The van der Waals surface area contributed by atoms with Crippen LogP contribution in [-0.4, -0.2) is 19.9 Å². The van der Waals surface area contributed by atoms with Crippen molar-refractivity contribution in [2.24, 2.45) is 0 Å². The Balaban J connectivity index is 1.80. The molecule has 0 spiro atoms. The fraction of sp³-hybridized carbons (Fsp3) is 0.429. The van der Waals surface area contributed by atoms with E-state index in [1.54, 1.807) is 0 Å². The number of hydrogen-bond donors (Lipinski definition) is 1. The molecular formula is C14H17NO3. The third-order valence-corrected chi connectivity index (χ3v) is 3.15. The van der Waals surface area contributed by atoms with Crippen LogP contribution in [0, 0.1) is 0 Å². The summed E-state index contributed by atoms with van der Waals surface area (Å²) in [6.07, 6.45) is 3.95. The minimum Gasteiger partial charge on any atom is -0.464 e. The van der Waals surface area contributed by atoms with Crippen LogP contribution in [0.15, 0.2) is 22.8 Å². The molecule has 0 amide bonds. The molecule has 1 aliphatic heterocycles. The van der Waals surface area contributed by atoms with Gasteiger partial charge in [0.15, 0.2) is 11.5 Å². The standard InChI is InChI=1S/C14H17NO3/c1-2-4-15-5-3-10-8-16-12-7-14-13(6-11(10)12)17-9-18-14/h6-8,15H,2-5,9H2,1H3. The summed E-state index contributed by atoms with van der Waals surface area (Å²) in [4.78, 5) is 0. The number of benzene rings is 1. The molecule has 0 aliphatic carbocycles. The summed E-state index contributed by atoms with van der Waals surface area (Å²) in [7, 11) is 0. The minimum atomic E-state index is 0.301. The molecule has 4 heteroatoms. The van der Waals surface area contributed by atoms with Crippen LogP contribution in [0.25, 0.3) is 11.0 Å². The highest BCUT2D eigenvalue weighted by Crippen LogP contribution is 2.37. The SMILES string of the molecule is CCCNCCc1coc2cc3c(cc12)OCO3. The lowest BCUT2D eigenvalue weighted by Gasteiger charge is -2.01. The average molecular weight is 247 g/mol. The fourth-order valence-corrected chi connectivity index (χ4v) is 2.19. The molecule has 0 radical (unpaired) electrons. The van der Waals surface area contributed by atoms with Crippen LogP contribution in [0.1, 0.15) is 18.9 Å². The smallest absolute Gasteiger partial charge is 0.231 e. The van der Waals surface area contributed by atoms with Crippen LogP contribution in [0.3, 0.4) is 0 Å². The maximum Gasteiger partial charge on any atom is 0.231 e. The molecule has 96 valence electrons. The van der Waals surface area contributed by atoms with Gasteiger partial charge in [-0.25, -0.2) is 0 Å². The van der Waals surface area contributed by atoms with Crippen LogP contribution >= 0.6 is 0 Å². The van der Waals surface area contributed by atoms with Crippen LogP contribution in [0.5, 0.6) is 11.5 Å². The minimum absolute atomic E-state index is 0.301. The van der Waals surface area contributed by atoms with Crippen molar-refractivity contribution in [3.05, 3.63) is 24.0 Å². The van der Waals surface area contributed by atoms with Gasteiger partial charge in [0.2, 0.25) is 6.79 Å². The summed E-state index contributed by atoms with van der Waals surface area (Å²) < 4.78 is 16.3. The monoisotopic (exact) mass is 247 g/mol. The number of ether oxygens (including phenoxy) is 2. The molecule has 0 fully saturated rings. The van der Waals surface area contributed by atoms with E-state index in [0.717, 1.165) is 48.4 Å². The summed E-state index contributed by atoms with van der Waals surface area (Å²) >= 11 is 0. The van der Waals surface area contributed by atoms with E-state index in [0.29, 0.717) is 6.79 Å². The van der Waals surface area contributed by atoms with E-state index < -0.39 is 0 Å². The van der Waals surface area contributed by atoms with Crippen molar-refractivity contribution in [2.75, 3.05) is 19.9 Å². The summed E-state index contributed by atoms with van der Waals surface area (Å²) in [5, 5.41) is 4.52. The second kappa shape index (κ2) is 4.90. The van der Waals surface area contributed by atoms with Gasteiger partial charge in [-0.3, -0.25) is 0 Å². The van der Waals surface area contributed by atoms with Crippen LogP contribution < -0.4 is 14.8 Å². The molecule has 0 saturated heterocycles. The van der Waals surface area contributed by atoms with Gasteiger partial charge in [-0.1, -0.05) is 6.92 Å². The fourth-order valence-electron chi connectivity index (χ4n) is 2.19. The number of fused-ring (bicyclic) bond motifs is 2. The quantitative estimate of drug-likeness (QED) is 0.825. The molecule has 0 unspecified atom stereocenters.